The van der Waals surface area contributed by atoms with Gasteiger partial charge in [0.1, 0.15) is 31.7 Å². The van der Waals surface area contributed by atoms with Gasteiger partial charge in [0.15, 0.2) is 11.5 Å². The van der Waals surface area contributed by atoms with Gasteiger partial charge in [-0.15, -0.1) is 0 Å². The van der Waals surface area contributed by atoms with Crippen LogP contribution < -0.4 is 19.5 Å². The average Bonchev–Trinajstić information content (AvgIpc) is 3.31. The van der Waals surface area contributed by atoms with E-state index in [-0.39, 0.29) is 6.61 Å². The number of hydrogen-bond donors (Lipinski definition) is 3. The Morgan fingerprint density at radius 2 is 1.39 bits per heavy atom. The van der Waals surface area contributed by atoms with Crippen LogP contribution in [0.1, 0.15) is 5.56 Å². The van der Waals surface area contributed by atoms with E-state index in [9.17, 15) is 5.11 Å². The molecule has 1 atom stereocenters. The van der Waals surface area contributed by atoms with Gasteiger partial charge in [0.2, 0.25) is 0 Å². The molecule has 36 heavy (non-hydrogen) atoms. The highest BCUT2D eigenvalue weighted by Crippen LogP contribution is 2.33. The van der Waals surface area contributed by atoms with E-state index >= 15 is 0 Å². The lowest BCUT2D eigenvalue weighted by Gasteiger charge is -2.15. The van der Waals surface area contributed by atoms with Crippen molar-refractivity contribution in [2.24, 2.45) is 0 Å². The summed E-state index contributed by atoms with van der Waals surface area (Å²) in [4.78, 5) is 3.41. The Bertz CT molecular complexity index is 1400. The van der Waals surface area contributed by atoms with Gasteiger partial charge >= 0.3 is 0 Å². The zero-order valence-corrected chi connectivity index (χ0v) is 20.0. The molecule has 0 unspecified atom stereocenters. The third-order valence-electron chi connectivity index (χ3n) is 5.93. The van der Waals surface area contributed by atoms with Gasteiger partial charge in [-0.2, -0.15) is 0 Å². The summed E-state index contributed by atoms with van der Waals surface area (Å²) in [5.41, 5.74) is 3.19. The van der Waals surface area contributed by atoms with Crippen molar-refractivity contribution in [3.63, 3.8) is 0 Å². The maximum Gasteiger partial charge on any atom is 0.161 e. The standard InChI is InChI=1S/C30H30N2O4/c33-23(21-36-29-16-8-13-26-30(29)24-11-4-5-12-25(24)32-26)19-31-17-18-34-27-14-6-7-15-28(27)35-20-22-9-2-1-3-10-22/h1-16,23,31-33H,17-21H2/t23-/m0/s1. The predicted octanol–water partition coefficient (Wildman–Crippen LogP) is 5.31. The number of aromatic amines is 1. The first-order chi connectivity index (χ1) is 17.8. The van der Waals surface area contributed by atoms with Crippen LogP contribution in [0.5, 0.6) is 17.2 Å². The molecule has 0 aliphatic carbocycles. The van der Waals surface area contributed by atoms with Gasteiger partial charge in [0, 0.05) is 29.4 Å². The molecular weight excluding hydrogens is 452 g/mol. The molecular formula is C30H30N2O4. The zero-order valence-electron chi connectivity index (χ0n) is 20.0. The summed E-state index contributed by atoms with van der Waals surface area (Å²) in [5, 5.41) is 15.8. The number of aliphatic hydroxyl groups is 1. The summed E-state index contributed by atoms with van der Waals surface area (Å²) in [7, 11) is 0. The van der Waals surface area contributed by atoms with Gasteiger partial charge in [0.25, 0.3) is 0 Å². The number of H-pyrrole nitrogens is 1. The molecule has 0 aliphatic rings. The van der Waals surface area contributed by atoms with Crippen LogP contribution in [-0.2, 0) is 6.61 Å². The smallest absolute Gasteiger partial charge is 0.161 e. The van der Waals surface area contributed by atoms with Crippen LogP contribution in [0.4, 0.5) is 0 Å². The van der Waals surface area contributed by atoms with Crippen molar-refractivity contribution >= 4 is 21.8 Å². The Kier molecular flexibility index (Phi) is 7.66. The highest BCUT2D eigenvalue weighted by molar-refractivity contribution is 6.10. The number of para-hydroxylation sites is 3. The van der Waals surface area contributed by atoms with Crippen molar-refractivity contribution in [1.29, 1.82) is 0 Å². The molecule has 1 heterocycles. The Balaban J connectivity index is 1.06. The average molecular weight is 483 g/mol. The lowest BCUT2D eigenvalue weighted by molar-refractivity contribution is 0.106. The third kappa shape index (κ3) is 5.79. The van der Waals surface area contributed by atoms with E-state index in [1.807, 2.05) is 91.0 Å². The Morgan fingerprint density at radius 1 is 0.694 bits per heavy atom. The number of hydrogen-bond acceptors (Lipinski definition) is 5. The Labute approximate surface area is 210 Å². The van der Waals surface area contributed by atoms with Crippen LogP contribution in [0, 0.1) is 0 Å². The maximum atomic E-state index is 10.4. The molecule has 0 saturated heterocycles. The van der Waals surface area contributed by atoms with Gasteiger partial charge in [-0.3, -0.25) is 0 Å². The summed E-state index contributed by atoms with van der Waals surface area (Å²) in [6.45, 7) is 2.12. The fourth-order valence-electron chi connectivity index (χ4n) is 4.16. The van der Waals surface area contributed by atoms with E-state index < -0.39 is 6.10 Å². The predicted molar refractivity (Wildman–Crippen MR) is 143 cm³/mol. The number of aromatic nitrogens is 1. The van der Waals surface area contributed by atoms with Crippen LogP contribution in [-0.4, -0.2) is 42.5 Å². The van der Waals surface area contributed by atoms with Crippen molar-refractivity contribution in [1.82, 2.24) is 10.3 Å². The number of ether oxygens (including phenoxy) is 3. The van der Waals surface area contributed by atoms with E-state index in [0.717, 1.165) is 33.1 Å². The van der Waals surface area contributed by atoms with Crippen LogP contribution in [0.3, 0.4) is 0 Å². The number of aliphatic hydroxyl groups excluding tert-OH is 1. The summed E-state index contributed by atoms with van der Waals surface area (Å²) in [6.07, 6.45) is -0.646. The molecule has 1 aromatic heterocycles. The van der Waals surface area contributed by atoms with Gasteiger partial charge < -0.3 is 29.6 Å². The molecule has 0 aliphatic heterocycles. The second kappa shape index (κ2) is 11.6. The molecule has 6 nitrogen and oxygen atoms in total. The minimum atomic E-state index is -0.646. The molecule has 5 rings (SSSR count). The van der Waals surface area contributed by atoms with Crippen molar-refractivity contribution in [2.75, 3.05) is 26.3 Å². The zero-order chi connectivity index (χ0) is 24.6. The molecule has 3 N–H and O–H groups in total. The molecule has 6 heteroatoms. The van der Waals surface area contributed by atoms with Crippen molar-refractivity contribution in [3.05, 3.63) is 103 Å². The summed E-state index contributed by atoms with van der Waals surface area (Å²) >= 11 is 0. The SMILES string of the molecule is O[C@@H](CNCCOc1ccccc1OCc1ccccc1)COc1cccc2[nH]c3ccccc3c12. The molecule has 5 aromatic rings. The second-order valence-corrected chi connectivity index (χ2v) is 8.59. The van der Waals surface area contributed by atoms with Crippen LogP contribution >= 0.6 is 0 Å². The molecule has 0 radical (unpaired) electrons. The first-order valence-corrected chi connectivity index (χ1v) is 12.2. The largest absolute Gasteiger partial charge is 0.490 e. The number of benzene rings is 4. The lowest BCUT2D eigenvalue weighted by atomic mass is 10.1. The van der Waals surface area contributed by atoms with Crippen molar-refractivity contribution < 1.29 is 19.3 Å². The molecule has 4 aromatic carbocycles. The van der Waals surface area contributed by atoms with Gasteiger partial charge in [-0.1, -0.05) is 66.7 Å². The monoisotopic (exact) mass is 482 g/mol. The van der Waals surface area contributed by atoms with Crippen molar-refractivity contribution in [2.45, 2.75) is 12.7 Å². The van der Waals surface area contributed by atoms with E-state index in [1.165, 1.54) is 0 Å². The van der Waals surface area contributed by atoms with E-state index in [0.29, 0.717) is 37.8 Å². The van der Waals surface area contributed by atoms with Crippen molar-refractivity contribution in [3.8, 4) is 17.2 Å². The Hall–Kier alpha value is -4.00. The normalized spacial score (nSPS) is 12.0. The first-order valence-electron chi connectivity index (χ1n) is 12.2. The van der Waals surface area contributed by atoms with E-state index in [4.69, 9.17) is 14.2 Å². The minimum Gasteiger partial charge on any atom is -0.490 e. The molecule has 0 spiro atoms. The minimum absolute atomic E-state index is 0.197. The van der Waals surface area contributed by atoms with Gasteiger partial charge in [-0.05, 0) is 35.9 Å². The summed E-state index contributed by atoms with van der Waals surface area (Å²) in [6, 6.07) is 31.8. The number of nitrogens with one attached hydrogen (secondary N) is 2. The molecule has 0 saturated carbocycles. The van der Waals surface area contributed by atoms with E-state index in [1.54, 1.807) is 0 Å². The van der Waals surface area contributed by atoms with Gasteiger partial charge in [0.05, 0.1) is 5.52 Å². The van der Waals surface area contributed by atoms with E-state index in [2.05, 4.69) is 16.4 Å². The quantitative estimate of drug-likeness (QED) is 0.210. The lowest BCUT2D eigenvalue weighted by Crippen LogP contribution is -2.33. The van der Waals surface area contributed by atoms with Crippen LogP contribution in [0.15, 0.2) is 97.1 Å². The topological polar surface area (TPSA) is 75.7 Å². The highest BCUT2D eigenvalue weighted by Gasteiger charge is 2.11. The van der Waals surface area contributed by atoms with Crippen LogP contribution in [0.2, 0.25) is 0 Å². The second-order valence-electron chi connectivity index (χ2n) is 8.59. The number of rotatable bonds is 12. The molecule has 184 valence electrons. The highest BCUT2D eigenvalue weighted by atomic mass is 16.5. The summed E-state index contributed by atoms with van der Waals surface area (Å²) < 4.78 is 17.8. The fraction of sp³-hybridized carbons (Fsp3) is 0.200. The summed E-state index contributed by atoms with van der Waals surface area (Å²) in [5.74, 6) is 2.17. The van der Waals surface area contributed by atoms with Gasteiger partial charge in [-0.25, -0.2) is 0 Å². The Morgan fingerprint density at radius 3 is 2.25 bits per heavy atom. The number of fused-ring (bicyclic) bond motifs is 3. The first kappa shape index (κ1) is 23.7. The third-order valence-corrected chi connectivity index (χ3v) is 5.93. The fourth-order valence-corrected chi connectivity index (χ4v) is 4.16. The molecule has 0 amide bonds. The van der Waals surface area contributed by atoms with Crippen LogP contribution in [0.25, 0.3) is 21.8 Å². The molecule has 0 fully saturated rings. The molecule has 0 bridgehead atoms. The maximum absolute atomic E-state index is 10.4.